The van der Waals surface area contributed by atoms with Gasteiger partial charge in [0.2, 0.25) is 0 Å². The molecule has 1 aliphatic rings. The number of pyridine rings is 1. The molecule has 50 heavy (non-hydrogen) atoms. The Labute approximate surface area is 304 Å². The highest BCUT2D eigenvalue weighted by Crippen LogP contribution is 2.36. The Bertz CT molecular complexity index is 1770. The number of aromatic nitrogens is 1. The number of hydrogen-bond donors (Lipinski definition) is 2. The van der Waals surface area contributed by atoms with Crippen molar-refractivity contribution in [1.82, 2.24) is 10.2 Å². The number of hydrogen-bond acceptors (Lipinski definition) is 11. The van der Waals surface area contributed by atoms with E-state index in [9.17, 15) is 19.9 Å². The predicted octanol–water partition coefficient (Wildman–Crippen LogP) is 6.27. The fourth-order valence-corrected chi connectivity index (χ4v) is 7.16. The molecule has 0 radical (unpaired) electrons. The molecule has 2 N–H and O–H groups in total. The fourth-order valence-electron chi connectivity index (χ4n) is 5.72. The number of ether oxygens (including phenoxy) is 4. The summed E-state index contributed by atoms with van der Waals surface area (Å²) in [4.78, 5) is 30.3. The van der Waals surface area contributed by atoms with Crippen molar-refractivity contribution in [3.63, 3.8) is 0 Å². The molecule has 2 aromatic heterocycles. The van der Waals surface area contributed by atoms with Crippen LogP contribution in [0.4, 0.5) is 0 Å². The first kappa shape index (κ1) is 37.2. The van der Waals surface area contributed by atoms with Gasteiger partial charge in [0.05, 0.1) is 20.8 Å². The van der Waals surface area contributed by atoms with E-state index in [2.05, 4.69) is 17.3 Å². The topological polar surface area (TPSA) is 134 Å². The van der Waals surface area contributed by atoms with Crippen molar-refractivity contribution in [3.05, 3.63) is 109 Å². The molecule has 266 valence electrons. The zero-order valence-electron chi connectivity index (χ0n) is 27.9. The molecule has 0 spiro atoms. The van der Waals surface area contributed by atoms with Crippen molar-refractivity contribution in [3.8, 4) is 17.2 Å². The van der Waals surface area contributed by atoms with Crippen LogP contribution in [0.25, 0.3) is 0 Å². The maximum absolute atomic E-state index is 13.6. The van der Waals surface area contributed by atoms with E-state index in [4.69, 9.17) is 42.1 Å². The Morgan fingerprint density at radius 3 is 2.42 bits per heavy atom. The van der Waals surface area contributed by atoms with Gasteiger partial charge in [-0.05, 0) is 86.4 Å². The molecule has 11 nitrogen and oxygen atoms in total. The molecule has 2 unspecified atom stereocenters. The lowest BCUT2D eigenvalue weighted by Gasteiger charge is -2.29. The molecular weight excluding hydrogens is 705 g/mol. The summed E-state index contributed by atoms with van der Waals surface area (Å²) >= 11 is 14.0. The monoisotopic (exact) mass is 743 g/mol. The van der Waals surface area contributed by atoms with Gasteiger partial charge in [-0.15, -0.1) is 11.3 Å². The lowest BCUT2D eigenvalue weighted by atomic mass is 9.98. The summed E-state index contributed by atoms with van der Waals surface area (Å²) in [7, 11) is 5.10. The highest BCUT2D eigenvalue weighted by atomic mass is 35.5. The van der Waals surface area contributed by atoms with Gasteiger partial charge in [0, 0.05) is 23.4 Å². The number of carbonyl (C=O) groups excluding carboxylic acids is 2. The number of rotatable bonds is 14. The second-order valence-electron chi connectivity index (χ2n) is 12.1. The zero-order valence-corrected chi connectivity index (χ0v) is 30.2. The van der Waals surface area contributed by atoms with Gasteiger partial charge < -0.3 is 34.2 Å². The quantitative estimate of drug-likeness (QED) is 0.0866. The lowest BCUT2D eigenvalue weighted by Crippen LogP contribution is -2.34. The molecule has 1 aliphatic heterocycles. The molecule has 14 heteroatoms. The fraction of sp³-hybridized carbons (Fsp3) is 0.361. The molecule has 0 aliphatic carbocycles. The van der Waals surface area contributed by atoms with Crippen LogP contribution in [0.5, 0.6) is 17.2 Å². The maximum atomic E-state index is 13.6. The normalized spacial score (nSPS) is 14.9. The number of esters is 2. The highest BCUT2D eigenvalue weighted by molar-refractivity contribution is 7.13. The molecule has 3 heterocycles. The van der Waals surface area contributed by atoms with Crippen LogP contribution in [-0.4, -0.2) is 62.9 Å². The lowest BCUT2D eigenvalue weighted by molar-refractivity contribution is -0.605. The largest absolute Gasteiger partial charge is 0.619 e. The number of likely N-dealkylation sites (tertiary alicyclic amines) is 1. The number of methoxy groups -OCH3 is 2. The van der Waals surface area contributed by atoms with Crippen molar-refractivity contribution in [2.24, 2.45) is 5.92 Å². The van der Waals surface area contributed by atoms with Crippen LogP contribution in [0.1, 0.15) is 56.2 Å². The van der Waals surface area contributed by atoms with Crippen LogP contribution in [0, 0.1) is 11.1 Å². The van der Waals surface area contributed by atoms with Crippen LogP contribution < -0.4 is 19.5 Å². The summed E-state index contributed by atoms with van der Waals surface area (Å²) in [6.45, 7) is 2.49. The number of phenols is 1. The summed E-state index contributed by atoms with van der Waals surface area (Å²) in [5.41, 5.74) is 1.59. The van der Waals surface area contributed by atoms with Crippen molar-refractivity contribution in [2.45, 2.75) is 38.0 Å². The average Bonchev–Trinajstić information content (AvgIpc) is 3.58. The molecule has 2 atom stereocenters. The molecule has 2 aromatic carbocycles. The number of benzene rings is 2. The van der Waals surface area contributed by atoms with Gasteiger partial charge in [-0.1, -0.05) is 41.4 Å². The number of nitrogens with one attached hydrogen (secondary N) is 1. The minimum absolute atomic E-state index is 0.0351. The van der Waals surface area contributed by atoms with Crippen molar-refractivity contribution < 1.29 is 38.4 Å². The van der Waals surface area contributed by atoms with E-state index in [1.165, 1.54) is 50.1 Å². The Hall–Kier alpha value is -4.07. The first-order valence-electron chi connectivity index (χ1n) is 16.0. The van der Waals surface area contributed by atoms with Gasteiger partial charge in [0.1, 0.15) is 32.8 Å². The van der Waals surface area contributed by atoms with Crippen molar-refractivity contribution in [2.75, 3.05) is 41.0 Å². The van der Waals surface area contributed by atoms with Crippen LogP contribution in [0.3, 0.4) is 0 Å². The van der Waals surface area contributed by atoms with Gasteiger partial charge in [0.25, 0.3) is 0 Å². The third-order valence-electron chi connectivity index (χ3n) is 8.56. The summed E-state index contributed by atoms with van der Waals surface area (Å²) in [6, 6.07) is 14.2. The average molecular weight is 745 g/mol. The van der Waals surface area contributed by atoms with E-state index in [1.54, 1.807) is 42.5 Å². The second-order valence-corrected chi connectivity index (χ2v) is 14.0. The number of piperidine rings is 1. The van der Waals surface area contributed by atoms with E-state index in [-0.39, 0.29) is 28.8 Å². The Morgan fingerprint density at radius 1 is 1.02 bits per heavy atom. The van der Waals surface area contributed by atoms with E-state index in [1.807, 2.05) is 0 Å². The number of nitrogens with zero attached hydrogens (tertiary/aromatic N) is 2. The van der Waals surface area contributed by atoms with Gasteiger partial charge in [0.15, 0.2) is 23.9 Å². The summed E-state index contributed by atoms with van der Waals surface area (Å²) in [5.74, 6) is 0.229. The van der Waals surface area contributed by atoms with Crippen LogP contribution in [-0.2, 0) is 27.2 Å². The van der Waals surface area contributed by atoms with Crippen molar-refractivity contribution in [1.29, 1.82) is 0 Å². The molecule has 0 saturated carbocycles. The number of phenolic OH excluding ortho intramolecular Hbond substituents is 1. The van der Waals surface area contributed by atoms with Gasteiger partial charge in [-0.2, -0.15) is 4.73 Å². The summed E-state index contributed by atoms with van der Waals surface area (Å²) < 4.78 is 23.2. The SMILES string of the molecule is COc1ccc(C(Cc2c(Cl)c[n+]([O-])cc2Cl)OC(=O)c2ccc(CNC(C(=O)OCC3CCN(C)CC3)c3cccc(O)c3)s2)cc1OC. The Morgan fingerprint density at radius 2 is 1.74 bits per heavy atom. The molecule has 5 rings (SSSR count). The number of carbonyl (C=O) groups is 2. The maximum Gasteiger partial charge on any atom is 0.348 e. The molecule has 1 fully saturated rings. The molecular formula is C36H39Cl2N3O8S. The molecule has 0 amide bonds. The van der Waals surface area contributed by atoms with Crippen LogP contribution in [0.15, 0.2) is 67.0 Å². The Kier molecular flexibility index (Phi) is 12.8. The third-order valence-corrected chi connectivity index (χ3v) is 10.3. The predicted molar refractivity (Wildman–Crippen MR) is 190 cm³/mol. The molecule has 4 aromatic rings. The summed E-state index contributed by atoms with van der Waals surface area (Å²) in [6.07, 6.45) is 3.50. The smallest absolute Gasteiger partial charge is 0.348 e. The van der Waals surface area contributed by atoms with Crippen molar-refractivity contribution >= 4 is 46.5 Å². The number of thiophene rings is 1. The standard InChI is InChI=1S/C36H39Cl2N3O8S/c1-40-13-11-22(12-14-40)21-48-36(44)34(24-5-4-6-25(42)15-24)39-18-26-8-10-33(50-26)35(43)49-31(17-27-28(37)19-41(45)20-29(27)38)23-7-9-30(46-2)32(16-23)47-3/h4-10,15-16,19-20,22,31,34,39,42H,11-14,17-18,21H2,1-3H3. The van der Waals surface area contributed by atoms with E-state index in [0.717, 1.165) is 30.8 Å². The van der Waals surface area contributed by atoms with Gasteiger partial charge in [-0.25, -0.2) is 9.59 Å². The second kappa shape index (κ2) is 17.2. The minimum Gasteiger partial charge on any atom is -0.619 e. The third kappa shape index (κ3) is 9.58. The van der Waals surface area contributed by atoms with E-state index < -0.39 is 24.1 Å². The zero-order chi connectivity index (χ0) is 35.8. The number of aromatic hydroxyl groups is 1. The van der Waals surface area contributed by atoms with Gasteiger partial charge in [-0.3, -0.25) is 5.32 Å². The summed E-state index contributed by atoms with van der Waals surface area (Å²) in [5, 5.41) is 25.5. The molecule has 0 bridgehead atoms. The minimum atomic E-state index is -0.863. The van der Waals surface area contributed by atoms with E-state index in [0.29, 0.717) is 50.3 Å². The van der Waals surface area contributed by atoms with Crippen LogP contribution >= 0.6 is 34.5 Å². The first-order chi connectivity index (χ1) is 24.0. The van der Waals surface area contributed by atoms with Gasteiger partial charge >= 0.3 is 11.9 Å². The first-order valence-corrected chi connectivity index (χ1v) is 17.6. The molecule has 1 saturated heterocycles. The number of halogens is 2. The van der Waals surface area contributed by atoms with E-state index >= 15 is 0 Å². The Balaban J connectivity index is 1.31. The highest BCUT2D eigenvalue weighted by Gasteiger charge is 2.27. The van der Waals surface area contributed by atoms with Crippen LogP contribution in [0.2, 0.25) is 10.0 Å².